The van der Waals surface area contributed by atoms with Gasteiger partial charge in [0.2, 0.25) is 5.91 Å². The number of pyridine rings is 1. The molecule has 2 aromatic heterocycles. The lowest BCUT2D eigenvalue weighted by molar-refractivity contribution is -0.116. The Bertz CT molecular complexity index is 1230. The van der Waals surface area contributed by atoms with Crippen LogP contribution >= 0.6 is 0 Å². The second-order valence-corrected chi connectivity index (χ2v) is 7.54. The minimum absolute atomic E-state index is 0.0424. The lowest BCUT2D eigenvalue weighted by Crippen LogP contribution is -2.34. The molecule has 0 aliphatic carbocycles. The van der Waals surface area contributed by atoms with Crippen LogP contribution in [0.2, 0.25) is 0 Å². The third kappa shape index (κ3) is 4.95. The van der Waals surface area contributed by atoms with Gasteiger partial charge in [0, 0.05) is 30.7 Å². The molecule has 4 aromatic rings. The number of hydrogen-bond acceptors (Lipinski definition) is 4. The van der Waals surface area contributed by atoms with Crippen LogP contribution in [0.5, 0.6) is 5.75 Å². The molecule has 2 amide bonds. The van der Waals surface area contributed by atoms with Gasteiger partial charge in [0.25, 0.3) is 5.91 Å². The molecule has 2 aromatic carbocycles. The number of aryl methyl sites for hydroxylation is 1. The molecule has 0 bridgehead atoms. The number of imidazole rings is 1. The zero-order valence-electron chi connectivity index (χ0n) is 18.0. The lowest BCUT2D eigenvalue weighted by Gasteiger charge is -2.17. The molecule has 4 rings (SSSR count). The average molecular weight is 428 g/mol. The van der Waals surface area contributed by atoms with Crippen molar-refractivity contribution >= 4 is 23.1 Å². The second kappa shape index (κ2) is 9.34. The van der Waals surface area contributed by atoms with E-state index in [4.69, 9.17) is 4.74 Å². The van der Waals surface area contributed by atoms with Gasteiger partial charge >= 0.3 is 0 Å². The van der Waals surface area contributed by atoms with Crippen LogP contribution in [0.3, 0.4) is 0 Å². The van der Waals surface area contributed by atoms with E-state index in [0.29, 0.717) is 23.6 Å². The number of hydrogen-bond donors (Lipinski definition) is 1. The predicted molar refractivity (Wildman–Crippen MR) is 123 cm³/mol. The minimum Gasteiger partial charge on any atom is -0.487 e. The van der Waals surface area contributed by atoms with Gasteiger partial charge in [-0.3, -0.25) is 9.59 Å². The lowest BCUT2D eigenvalue weighted by atomic mass is 10.2. The van der Waals surface area contributed by atoms with Crippen molar-refractivity contribution in [1.82, 2.24) is 14.3 Å². The summed E-state index contributed by atoms with van der Waals surface area (Å²) in [6.45, 7) is 2.30. The zero-order valence-corrected chi connectivity index (χ0v) is 18.0. The fraction of sp³-hybridized carbons (Fsp3) is 0.160. The number of fused-ring (bicyclic) bond motifs is 1. The van der Waals surface area contributed by atoms with Crippen molar-refractivity contribution in [3.05, 3.63) is 95.9 Å². The largest absolute Gasteiger partial charge is 0.487 e. The first-order chi connectivity index (χ1) is 15.5. The molecule has 0 aliphatic rings. The van der Waals surface area contributed by atoms with Crippen LogP contribution in [0, 0.1) is 6.92 Å². The Labute approximate surface area is 186 Å². The van der Waals surface area contributed by atoms with Crippen LogP contribution < -0.4 is 10.1 Å². The molecule has 32 heavy (non-hydrogen) atoms. The summed E-state index contributed by atoms with van der Waals surface area (Å²) in [4.78, 5) is 30.8. The van der Waals surface area contributed by atoms with Gasteiger partial charge in [-0.1, -0.05) is 24.3 Å². The second-order valence-electron chi connectivity index (χ2n) is 7.54. The van der Waals surface area contributed by atoms with Crippen molar-refractivity contribution in [1.29, 1.82) is 0 Å². The fourth-order valence-electron chi connectivity index (χ4n) is 3.35. The van der Waals surface area contributed by atoms with Crippen LogP contribution in [0.1, 0.15) is 21.6 Å². The predicted octanol–water partition coefficient (Wildman–Crippen LogP) is 3.93. The molecule has 7 nitrogen and oxygen atoms in total. The first-order valence-corrected chi connectivity index (χ1v) is 10.3. The van der Waals surface area contributed by atoms with E-state index >= 15 is 0 Å². The Kier molecular flexibility index (Phi) is 6.17. The molecule has 0 atom stereocenters. The summed E-state index contributed by atoms with van der Waals surface area (Å²) in [6, 6.07) is 20.0. The number of ether oxygens (including phenoxy) is 1. The average Bonchev–Trinajstić information content (AvgIpc) is 3.23. The molecular formula is C25H24N4O3. The van der Waals surface area contributed by atoms with Crippen molar-refractivity contribution in [2.24, 2.45) is 0 Å². The molecule has 0 unspecified atom stereocenters. The van der Waals surface area contributed by atoms with E-state index in [1.807, 2.05) is 54.0 Å². The number of carbonyl (C=O) groups is 2. The van der Waals surface area contributed by atoms with E-state index in [1.165, 1.54) is 4.90 Å². The van der Waals surface area contributed by atoms with E-state index in [-0.39, 0.29) is 18.4 Å². The molecule has 0 aliphatic heterocycles. The van der Waals surface area contributed by atoms with E-state index in [9.17, 15) is 9.59 Å². The number of carbonyl (C=O) groups excluding carboxylic acids is 2. The summed E-state index contributed by atoms with van der Waals surface area (Å²) in [5, 5.41) is 2.77. The Morgan fingerprint density at radius 1 is 1.03 bits per heavy atom. The molecule has 2 heterocycles. The summed E-state index contributed by atoms with van der Waals surface area (Å²) in [5.41, 5.74) is 4.01. The van der Waals surface area contributed by atoms with Crippen LogP contribution in [0.15, 0.2) is 79.1 Å². The summed E-state index contributed by atoms with van der Waals surface area (Å²) in [6.07, 6.45) is 3.89. The molecule has 0 saturated carbocycles. The van der Waals surface area contributed by atoms with Crippen LogP contribution in [-0.2, 0) is 11.4 Å². The Hall–Kier alpha value is -4.13. The van der Waals surface area contributed by atoms with Crippen molar-refractivity contribution in [2.75, 3.05) is 18.9 Å². The van der Waals surface area contributed by atoms with Gasteiger partial charge in [-0.15, -0.1) is 0 Å². The number of benzene rings is 2. The Morgan fingerprint density at radius 3 is 2.50 bits per heavy atom. The highest BCUT2D eigenvalue weighted by Crippen LogP contribution is 2.16. The Balaban J connectivity index is 1.32. The maximum Gasteiger partial charge on any atom is 0.254 e. The zero-order chi connectivity index (χ0) is 22.5. The summed E-state index contributed by atoms with van der Waals surface area (Å²) < 4.78 is 7.79. The normalized spacial score (nSPS) is 10.7. The molecule has 7 heteroatoms. The number of amides is 2. The third-order valence-electron chi connectivity index (χ3n) is 5.00. The standard InChI is InChI=1S/C25H24N4O3/c1-18-7-6-14-29-15-21(27-24(18)29)17-32-22-12-10-19(11-13-22)25(31)28(2)16-23(30)26-20-8-4-3-5-9-20/h3-15H,16-17H2,1-2H3,(H,26,30). The summed E-state index contributed by atoms with van der Waals surface area (Å²) in [5.74, 6) is 0.144. The summed E-state index contributed by atoms with van der Waals surface area (Å²) in [7, 11) is 1.60. The number of para-hydroxylation sites is 1. The van der Waals surface area contributed by atoms with E-state index in [2.05, 4.69) is 10.3 Å². The third-order valence-corrected chi connectivity index (χ3v) is 5.00. The summed E-state index contributed by atoms with van der Waals surface area (Å²) >= 11 is 0. The molecule has 0 fully saturated rings. The number of nitrogens with zero attached hydrogens (tertiary/aromatic N) is 3. The highest BCUT2D eigenvalue weighted by Gasteiger charge is 2.15. The highest BCUT2D eigenvalue weighted by atomic mass is 16.5. The van der Waals surface area contributed by atoms with E-state index < -0.39 is 0 Å². The van der Waals surface area contributed by atoms with Gasteiger partial charge in [0.15, 0.2) is 0 Å². The smallest absolute Gasteiger partial charge is 0.254 e. The van der Waals surface area contributed by atoms with Gasteiger partial charge in [0.1, 0.15) is 18.0 Å². The van der Waals surface area contributed by atoms with Gasteiger partial charge in [-0.25, -0.2) is 4.98 Å². The number of aromatic nitrogens is 2. The van der Waals surface area contributed by atoms with Crippen molar-refractivity contribution in [2.45, 2.75) is 13.5 Å². The highest BCUT2D eigenvalue weighted by molar-refractivity contribution is 5.99. The van der Waals surface area contributed by atoms with Gasteiger partial charge in [-0.05, 0) is 55.0 Å². The molecule has 0 radical (unpaired) electrons. The quantitative estimate of drug-likeness (QED) is 0.484. The van der Waals surface area contributed by atoms with Gasteiger partial charge in [0.05, 0.1) is 12.2 Å². The van der Waals surface area contributed by atoms with Crippen molar-refractivity contribution in [3.8, 4) is 5.75 Å². The van der Waals surface area contributed by atoms with Crippen LogP contribution in [0.4, 0.5) is 5.69 Å². The topological polar surface area (TPSA) is 75.9 Å². The molecule has 1 N–H and O–H groups in total. The van der Waals surface area contributed by atoms with Crippen molar-refractivity contribution < 1.29 is 14.3 Å². The molecule has 162 valence electrons. The molecule has 0 saturated heterocycles. The van der Waals surface area contributed by atoms with Gasteiger partial charge in [-0.2, -0.15) is 0 Å². The molecular weight excluding hydrogens is 404 g/mol. The van der Waals surface area contributed by atoms with Crippen LogP contribution in [0.25, 0.3) is 5.65 Å². The first-order valence-electron chi connectivity index (χ1n) is 10.3. The first kappa shape index (κ1) is 21.1. The minimum atomic E-state index is -0.255. The maximum atomic E-state index is 12.6. The molecule has 0 spiro atoms. The fourth-order valence-corrected chi connectivity index (χ4v) is 3.35. The number of anilines is 1. The van der Waals surface area contributed by atoms with Crippen LogP contribution in [-0.4, -0.2) is 39.7 Å². The number of rotatable bonds is 7. The maximum absolute atomic E-state index is 12.6. The number of likely N-dealkylation sites (N-methyl/N-ethyl adjacent to an activating group) is 1. The van der Waals surface area contributed by atoms with E-state index in [1.54, 1.807) is 43.4 Å². The number of nitrogens with one attached hydrogen (secondary N) is 1. The monoisotopic (exact) mass is 428 g/mol. The van der Waals surface area contributed by atoms with Crippen molar-refractivity contribution in [3.63, 3.8) is 0 Å². The van der Waals surface area contributed by atoms with Gasteiger partial charge < -0.3 is 19.4 Å². The SMILES string of the molecule is Cc1cccn2cc(COc3ccc(C(=O)N(C)CC(=O)Nc4ccccc4)cc3)nc12. The van der Waals surface area contributed by atoms with E-state index in [0.717, 1.165) is 16.9 Å². The Morgan fingerprint density at radius 2 is 1.78 bits per heavy atom.